The number of hydrogen-bond acceptors (Lipinski definition) is 2. The first kappa shape index (κ1) is 15.2. The van der Waals surface area contributed by atoms with Crippen LogP contribution in [-0.2, 0) is 16.0 Å². The van der Waals surface area contributed by atoms with Crippen LogP contribution in [0.1, 0.15) is 48.8 Å². The van der Waals surface area contributed by atoms with E-state index in [0.29, 0.717) is 12.4 Å². The van der Waals surface area contributed by atoms with Crippen LogP contribution in [0, 0.1) is 12.3 Å². The van der Waals surface area contributed by atoms with Crippen molar-refractivity contribution in [3.63, 3.8) is 0 Å². The minimum absolute atomic E-state index is 0.0698. The zero-order valence-electron chi connectivity index (χ0n) is 13.6. The summed E-state index contributed by atoms with van der Waals surface area (Å²) in [5.74, 6) is 0.484. The number of benzene rings is 2. The molecule has 120 valence electrons. The lowest BCUT2D eigenvalue weighted by atomic mass is 9.66. The molecule has 0 N–H and O–H groups in total. The Morgan fingerprint density at radius 2 is 2.13 bits per heavy atom. The average molecular weight is 373 g/mol. The van der Waals surface area contributed by atoms with Crippen LogP contribution < -0.4 is 0 Å². The standard InChI is InChI=1S/C20H21BrO2/c1-12-3-4-15-16(7-12)14-5-6-20(2)10-13(23-11-22)8-18(20)17(14)9-19(15)21/h3-4,7,9,11,13,18H,5-6,8,10H2,1-2H3/t13-,18-,20+/m0/s1. The Morgan fingerprint density at radius 3 is 2.91 bits per heavy atom. The summed E-state index contributed by atoms with van der Waals surface area (Å²) in [4.78, 5) is 10.8. The highest BCUT2D eigenvalue weighted by Gasteiger charge is 2.48. The summed E-state index contributed by atoms with van der Waals surface area (Å²) in [6, 6.07) is 9.03. The van der Waals surface area contributed by atoms with E-state index in [1.54, 1.807) is 0 Å². The molecule has 4 rings (SSSR count). The maximum Gasteiger partial charge on any atom is 0.293 e. The van der Waals surface area contributed by atoms with E-state index < -0.39 is 0 Å². The average Bonchev–Trinajstić information content (AvgIpc) is 2.84. The predicted molar refractivity (Wildman–Crippen MR) is 95.7 cm³/mol. The third-order valence-corrected chi connectivity index (χ3v) is 6.65. The van der Waals surface area contributed by atoms with E-state index in [2.05, 4.69) is 54.0 Å². The molecule has 0 unspecified atom stereocenters. The van der Waals surface area contributed by atoms with E-state index in [1.807, 2.05) is 0 Å². The van der Waals surface area contributed by atoms with E-state index in [-0.39, 0.29) is 11.5 Å². The van der Waals surface area contributed by atoms with Crippen molar-refractivity contribution in [2.75, 3.05) is 0 Å². The van der Waals surface area contributed by atoms with E-state index in [4.69, 9.17) is 4.74 Å². The van der Waals surface area contributed by atoms with Crippen molar-refractivity contribution in [1.82, 2.24) is 0 Å². The van der Waals surface area contributed by atoms with E-state index in [9.17, 15) is 4.79 Å². The molecule has 2 aliphatic carbocycles. The van der Waals surface area contributed by atoms with Crippen molar-refractivity contribution < 1.29 is 9.53 Å². The molecular formula is C20H21BrO2. The van der Waals surface area contributed by atoms with Gasteiger partial charge in [0.15, 0.2) is 0 Å². The number of rotatable bonds is 2. The summed E-state index contributed by atoms with van der Waals surface area (Å²) in [5, 5.41) is 2.69. The van der Waals surface area contributed by atoms with Gasteiger partial charge in [0.05, 0.1) is 0 Å². The number of halogens is 1. The molecule has 2 nitrogen and oxygen atoms in total. The van der Waals surface area contributed by atoms with Gasteiger partial charge in [-0.3, -0.25) is 4.79 Å². The molecule has 3 atom stereocenters. The molecule has 0 spiro atoms. The maximum absolute atomic E-state index is 10.8. The lowest BCUT2D eigenvalue weighted by Crippen LogP contribution is -2.27. The minimum atomic E-state index is 0.0698. The molecule has 1 saturated carbocycles. The second-order valence-corrected chi connectivity index (χ2v) is 8.33. The molecule has 0 saturated heterocycles. The normalized spacial score (nSPS) is 29.2. The fraction of sp³-hybridized carbons (Fsp3) is 0.450. The van der Waals surface area contributed by atoms with Crippen LogP contribution in [0.2, 0.25) is 0 Å². The van der Waals surface area contributed by atoms with Gasteiger partial charge in [0.25, 0.3) is 6.47 Å². The Labute approximate surface area is 145 Å². The fourth-order valence-corrected chi connectivity index (χ4v) is 5.42. The molecule has 0 heterocycles. The molecule has 1 fully saturated rings. The summed E-state index contributed by atoms with van der Waals surface area (Å²) in [7, 11) is 0. The fourth-order valence-electron chi connectivity index (χ4n) is 4.83. The van der Waals surface area contributed by atoms with Crippen LogP contribution in [0.5, 0.6) is 0 Å². The first-order chi connectivity index (χ1) is 11.0. The number of ether oxygens (including phenoxy) is 1. The maximum atomic E-state index is 10.8. The monoisotopic (exact) mass is 372 g/mol. The highest BCUT2D eigenvalue weighted by Crippen LogP contribution is 2.57. The number of fused-ring (bicyclic) bond motifs is 5. The Balaban J connectivity index is 1.88. The van der Waals surface area contributed by atoms with Gasteiger partial charge in [-0.25, -0.2) is 0 Å². The van der Waals surface area contributed by atoms with Crippen LogP contribution in [-0.4, -0.2) is 12.6 Å². The first-order valence-corrected chi connectivity index (χ1v) is 9.12. The Kier molecular flexibility index (Phi) is 3.53. The summed E-state index contributed by atoms with van der Waals surface area (Å²) >= 11 is 3.77. The topological polar surface area (TPSA) is 26.3 Å². The van der Waals surface area contributed by atoms with Gasteiger partial charge < -0.3 is 4.74 Å². The van der Waals surface area contributed by atoms with Crippen LogP contribution in [0.25, 0.3) is 10.8 Å². The molecule has 0 radical (unpaired) electrons. The van der Waals surface area contributed by atoms with Crippen molar-refractivity contribution in [2.45, 2.75) is 51.6 Å². The predicted octanol–water partition coefficient (Wildman–Crippen LogP) is 5.28. The number of carbonyl (C=O) groups is 1. The van der Waals surface area contributed by atoms with Crippen molar-refractivity contribution in [1.29, 1.82) is 0 Å². The van der Waals surface area contributed by atoms with Gasteiger partial charge >= 0.3 is 0 Å². The quantitative estimate of drug-likeness (QED) is 0.670. The van der Waals surface area contributed by atoms with Gasteiger partial charge in [0.1, 0.15) is 6.10 Å². The molecule has 0 aromatic heterocycles. The molecule has 2 aromatic carbocycles. The van der Waals surface area contributed by atoms with Crippen molar-refractivity contribution in [3.05, 3.63) is 45.4 Å². The number of aryl methyl sites for hydroxylation is 2. The highest BCUT2D eigenvalue weighted by molar-refractivity contribution is 9.10. The van der Waals surface area contributed by atoms with Gasteiger partial charge in [0.2, 0.25) is 0 Å². The van der Waals surface area contributed by atoms with Crippen molar-refractivity contribution in [3.8, 4) is 0 Å². The first-order valence-electron chi connectivity index (χ1n) is 8.32. The summed E-state index contributed by atoms with van der Waals surface area (Å²) in [5.41, 5.74) is 4.51. The van der Waals surface area contributed by atoms with Crippen LogP contribution in [0.15, 0.2) is 28.7 Å². The smallest absolute Gasteiger partial charge is 0.293 e. The zero-order valence-corrected chi connectivity index (χ0v) is 15.2. The third kappa shape index (κ3) is 2.32. The van der Waals surface area contributed by atoms with Crippen LogP contribution >= 0.6 is 15.9 Å². The summed E-state index contributed by atoms with van der Waals surface area (Å²) in [6.45, 7) is 5.14. The molecular weight excluding hydrogens is 352 g/mol. The zero-order chi connectivity index (χ0) is 16.2. The van der Waals surface area contributed by atoms with Gasteiger partial charge in [-0.2, -0.15) is 0 Å². The third-order valence-electron chi connectivity index (χ3n) is 5.99. The van der Waals surface area contributed by atoms with Gasteiger partial charge in [-0.15, -0.1) is 0 Å². The van der Waals surface area contributed by atoms with Gasteiger partial charge in [-0.1, -0.05) is 46.6 Å². The van der Waals surface area contributed by atoms with Crippen LogP contribution in [0.3, 0.4) is 0 Å². The minimum Gasteiger partial charge on any atom is -0.465 e. The highest BCUT2D eigenvalue weighted by atomic mass is 79.9. The van der Waals surface area contributed by atoms with E-state index in [1.165, 1.54) is 38.4 Å². The number of hydrogen-bond donors (Lipinski definition) is 0. The largest absolute Gasteiger partial charge is 0.465 e. The second kappa shape index (κ2) is 5.34. The molecule has 2 aromatic rings. The lowest BCUT2D eigenvalue weighted by molar-refractivity contribution is -0.133. The molecule has 0 bridgehead atoms. The van der Waals surface area contributed by atoms with E-state index in [0.717, 1.165) is 19.3 Å². The van der Waals surface area contributed by atoms with E-state index >= 15 is 0 Å². The Bertz CT molecular complexity index is 798. The summed E-state index contributed by atoms with van der Waals surface area (Å²) in [6.07, 6.45) is 4.29. The molecule has 0 amide bonds. The van der Waals surface area contributed by atoms with Crippen molar-refractivity contribution >= 4 is 33.2 Å². The lowest BCUT2D eigenvalue weighted by Gasteiger charge is -2.38. The molecule has 23 heavy (non-hydrogen) atoms. The number of carbonyl (C=O) groups excluding carboxylic acids is 1. The van der Waals surface area contributed by atoms with Gasteiger partial charge in [0, 0.05) is 4.47 Å². The second-order valence-electron chi connectivity index (χ2n) is 7.48. The van der Waals surface area contributed by atoms with Gasteiger partial charge in [-0.05, 0) is 71.9 Å². The van der Waals surface area contributed by atoms with Crippen molar-refractivity contribution in [2.24, 2.45) is 5.41 Å². The Hall–Kier alpha value is -1.35. The van der Waals surface area contributed by atoms with Crippen LogP contribution in [0.4, 0.5) is 0 Å². The SMILES string of the molecule is Cc1ccc2c(Br)cc3c(c2c1)CC[C@]1(C)C[C@@H](OC=O)C[C@@H]31. The molecule has 2 aliphatic rings. The molecule has 0 aliphatic heterocycles. The summed E-state index contributed by atoms with van der Waals surface area (Å²) < 4.78 is 6.50. The Morgan fingerprint density at radius 1 is 1.30 bits per heavy atom. The molecule has 3 heteroatoms.